The first-order valence-electron chi connectivity index (χ1n) is 6.55. The van der Waals surface area contributed by atoms with Gasteiger partial charge in [0, 0.05) is 17.4 Å². The van der Waals surface area contributed by atoms with Gasteiger partial charge < -0.3 is 10.4 Å². The predicted octanol–water partition coefficient (Wildman–Crippen LogP) is 2.29. The summed E-state index contributed by atoms with van der Waals surface area (Å²) in [5, 5.41) is 11.5. The highest BCUT2D eigenvalue weighted by molar-refractivity contribution is 6.03. The molecule has 0 aliphatic rings. The molecule has 0 radical (unpaired) electrons. The fourth-order valence-corrected chi connectivity index (χ4v) is 1.93. The van der Waals surface area contributed by atoms with Crippen LogP contribution in [-0.2, 0) is 0 Å². The SMILES string of the molecule is Cc1cc(NC(=O)c2ncccc2C)ccc1C#CCO. The molecule has 0 fully saturated rings. The van der Waals surface area contributed by atoms with E-state index in [0.29, 0.717) is 11.4 Å². The molecule has 2 aromatic rings. The largest absolute Gasteiger partial charge is 0.384 e. The van der Waals surface area contributed by atoms with E-state index in [2.05, 4.69) is 22.1 Å². The van der Waals surface area contributed by atoms with Crippen molar-refractivity contribution in [1.82, 2.24) is 4.98 Å². The van der Waals surface area contributed by atoms with Gasteiger partial charge in [0.05, 0.1) is 0 Å². The Morgan fingerprint density at radius 2 is 2.10 bits per heavy atom. The summed E-state index contributed by atoms with van der Waals surface area (Å²) in [6.07, 6.45) is 1.60. The number of rotatable bonds is 2. The van der Waals surface area contributed by atoms with Crippen molar-refractivity contribution in [2.75, 3.05) is 11.9 Å². The Kier molecular flexibility index (Phi) is 4.70. The predicted molar refractivity (Wildman–Crippen MR) is 82.1 cm³/mol. The number of pyridine rings is 1. The molecule has 1 aromatic carbocycles. The first-order valence-corrected chi connectivity index (χ1v) is 6.55. The number of hydrogen-bond acceptors (Lipinski definition) is 3. The molecule has 0 aliphatic carbocycles. The van der Waals surface area contributed by atoms with Gasteiger partial charge in [-0.25, -0.2) is 0 Å². The summed E-state index contributed by atoms with van der Waals surface area (Å²) in [7, 11) is 0. The van der Waals surface area contributed by atoms with E-state index in [1.165, 1.54) is 0 Å². The Bertz CT molecular complexity index is 727. The number of aryl methyl sites for hydroxylation is 2. The van der Waals surface area contributed by atoms with Crippen LogP contribution in [0, 0.1) is 25.7 Å². The van der Waals surface area contributed by atoms with Crippen molar-refractivity contribution >= 4 is 11.6 Å². The summed E-state index contributed by atoms with van der Waals surface area (Å²) in [5.41, 5.74) is 3.70. The van der Waals surface area contributed by atoms with Crippen LogP contribution >= 0.6 is 0 Å². The van der Waals surface area contributed by atoms with E-state index >= 15 is 0 Å². The molecule has 0 aliphatic heterocycles. The van der Waals surface area contributed by atoms with Crippen LogP contribution in [0.3, 0.4) is 0 Å². The van der Waals surface area contributed by atoms with E-state index in [0.717, 1.165) is 16.7 Å². The molecule has 0 saturated heterocycles. The number of benzene rings is 1. The Morgan fingerprint density at radius 3 is 2.76 bits per heavy atom. The lowest BCUT2D eigenvalue weighted by Crippen LogP contribution is -2.15. The van der Waals surface area contributed by atoms with E-state index in [1.54, 1.807) is 18.3 Å². The molecular formula is C17H16N2O2. The molecule has 1 amide bonds. The van der Waals surface area contributed by atoms with E-state index < -0.39 is 0 Å². The summed E-state index contributed by atoms with van der Waals surface area (Å²) in [4.78, 5) is 16.3. The van der Waals surface area contributed by atoms with Gasteiger partial charge in [-0.2, -0.15) is 0 Å². The lowest BCUT2D eigenvalue weighted by molar-refractivity contribution is 0.102. The Balaban J connectivity index is 2.19. The summed E-state index contributed by atoms with van der Waals surface area (Å²) in [6, 6.07) is 9.09. The second-order valence-electron chi connectivity index (χ2n) is 4.61. The number of aliphatic hydroxyl groups excluding tert-OH is 1. The summed E-state index contributed by atoms with van der Waals surface area (Å²) in [5.74, 6) is 5.23. The van der Waals surface area contributed by atoms with Gasteiger partial charge in [0.25, 0.3) is 5.91 Å². The van der Waals surface area contributed by atoms with Crippen LogP contribution in [0.25, 0.3) is 0 Å². The minimum Gasteiger partial charge on any atom is -0.384 e. The molecular weight excluding hydrogens is 264 g/mol. The Labute approximate surface area is 123 Å². The van der Waals surface area contributed by atoms with Crippen LogP contribution in [0.4, 0.5) is 5.69 Å². The zero-order valence-electron chi connectivity index (χ0n) is 12.0. The molecule has 1 heterocycles. The van der Waals surface area contributed by atoms with Gasteiger partial charge in [-0.1, -0.05) is 17.9 Å². The van der Waals surface area contributed by atoms with Gasteiger partial charge in [-0.15, -0.1) is 0 Å². The molecule has 1 aromatic heterocycles. The van der Waals surface area contributed by atoms with Crippen LogP contribution in [0.5, 0.6) is 0 Å². The zero-order chi connectivity index (χ0) is 15.2. The fourth-order valence-electron chi connectivity index (χ4n) is 1.93. The number of anilines is 1. The van der Waals surface area contributed by atoms with Crippen LogP contribution in [0.2, 0.25) is 0 Å². The Morgan fingerprint density at radius 1 is 1.29 bits per heavy atom. The molecule has 106 valence electrons. The molecule has 0 bridgehead atoms. The molecule has 21 heavy (non-hydrogen) atoms. The highest BCUT2D eigenvalue weighted by atomic mass is 16.2. The van der Waals surface area contributed by atoms with Gasteiger partial charge in [0.1, 0.15) is 12.3 Å². The first kappa shape index (κ1) is 14.8. The molecule has 2 rings (SSSR count). The normalized spacial score (nSPS) is 9.67. The second kappa shape index (κ2) is 6.69. The fraction of sp³-hybridized carbons (Fsp3) is 0.176. The van der Waals surface area contributed by atoms with E-state index in [-0.39, 0.29) is 12.5 Å². The minimum absolute atomic E-state index is 0.170. The molecule has 0 spiro atoms. The Hall–Kier alpha value is -2.64. The number of aliphatic hydroxyl groups is 1. The average molecular weight is 280 g/mol. The van der Waals surface area contributed by atoms with Gasteiger partial charge in [0.15, 0.2) is 0 Å². The minimum atomic E-state index is -0.235. The monoisotopic (exact) mass is 280 g/mol. The van der Waals surface area contributed by atoms with Crippen LogP contribution in [0.15, 0.2) is 36.5 Å². The smallest absolute Gasteiger partial charge is 0.274 e. The number of aromatic nitrogens is 1. The topological polar surface area (TPSA) is 62.2 Å². The lowest BCUT2D eigenvalue weighted by atomic mass is 10.1. The molecule has 0 unspecified atom stereocenters. The van der Waals surface area contributed by atoms with Crippen molar-refractivity contribution < 1.29 is 9.90 Å². The van der Waals surface area contributed by atoms with Crippen LogP contribution in [0.1, 0.15) is 27.2 Å². The third-order valence-corrected chi connectivity index (χ3v) is 3.01. The number of carbonyl (C=O) groups excluding carboxylic acids is 1. The standard InChI is InChI=1S/C17H16N2O2/c1-12-5-3-9-18-16(12)17(21)19-15-8-7-14(6-4-10-20)13(2)11-15/h3,5,7-9,11,20H,10H2,1-2H3,(H,19,21). The molecule has 4 nitrogen and oxygen atoms in total. The number of carbonyl (C=O) groups is 1. The average Bonchev–Trinajstić information content (AvgIpc) is 2.47. The third kappa shape index (κ3) is 3.68. The molecule has 0 saturated carbocycles. The van der Waals surface area contributed by atoms with Crippen molar-refractivity contribution in [3.63, 3.8) is 0 Å². The maximum absolute atomic E-state index is 12.2. The zero-order valence-corrected chi connectivity index (χ0v) is 12.0. The summed E-state index contributed by atoms with van der Waals surface area (Å²) >= 11 is 0. The quantitative estimate of drug-likeness (QED) is 0.830. The first-order chi connectivity index (χ1) is 10.1. The van der Waals surface area contributed by atoms with E-state index in [9.17, 15) is 4.79 Å². The van der Waals surface area contributed by atoms with E-state index in [4.69, 9.17) is 5.11 Å². The number of nitrogens with zero attached hydrogens (tertiary/aromatic N) is 1. The van der Waals surface area contributed by atoms with Gasteiger partial charge in [0.2, 0.25) is 0 Å². The van der Waals surface area contributed by atoms with Crippen molar-refractivity contribution in [2.24, 2.45) is 0 Å². The van der Waals surface area contributed by atoms with Gasteiger partial charge in [-0.3, -0.25) is 9.78 Å². The van der Waals surface area contributed by atoms with Crippen molar-refractivity contribution in [3.8, 4) is 11.8 Å². The van der Waals surface area contributed by atoms with Gasteiger partial charge >= 0.3 is 0 Å². The van der Waals surface area contributed by atoms with Crippen molar-refractivity contribution in [1.29, 1.82) is 0 Å². The highest BCUT2D eigenvalue weighted by Gasteiger charge is 2.10. The van der Waals surface area contributed by atoms with Crippen LogP contribution in [-0.4, -0.2) is 22.6 Å². The van der Waals surface area contributed by atoms with Gasteiger partial charge in [-0.05, 0) is 49.2 Å². The molecule has 0 atom stereocenters. The molecule has 4 heteroatoms. The lowest BCUT2D eigenvalue weighted by Gasteiger charge is -2.08. The molecule has 2 N–H and O–H groups in total. The highest BCUT2D eigenvalue weighted by Crippen LogP contribution is 2.16. The maximum atomic E-state index is 12.2. The second-order valence-corrected chi connectivity index (χ2v) is 4.61. The summed E-state index contributed by atoms with van der Waals surface area (Å²) in [6.45, 7) is 3.58. The van der Waals surface area contributed by atoms with E-state index in [1.807, 2.05) is 32.0 Å². The maximum Gasteiger partial charge on any atom is 0.274 e. The van der Waals surface area contributed by atoms with Crippen molar-refractivity contribution in [2.45, 2.75) is 13.8 Å². The number of amides is 1. The van der Waals surface area contributed by atoms with Crippen LogP contribution < -0.4 is 5.32 Å². The third-order valence-electron chi connectivity index (χ3n) is 3.01. The number of hydrogen-bond donors (Lipinski definition) is 2. The summed E-state index contributed by atoms with van der Waals surface area (Å²) < 4.78 is 0. The number of nitrogens with one attached hydrogen (secondary N) is 1. The van der Waals surface area contributed by atoms with Crippen molar-refractivity contribution in [3.05, 3.63) is 58.9 Å².